The van der Waals surface area contributed by atoms with Crippen LogP contribution in [0.1, 0.15) is 59.8 Å². The third-order valence-electron chi connectivity index (χ3n) is 6.27. The van der Waals surface area contributed by atoms with Gasteiger partial charge in [-0.2, -0.15) is 0 Å². The van der Waals surface area contributed by atoms with Crippen LogP contribution in [0.4, 0.5) is 9.18 Å². The van der Waals surface area contributed by atoms with Gasteiger partial charge in [0.1, 0.15) is 11.6 Å². The Bertz CT molecular complexity index is 1340. The second-order valence-corrected chi connectivity index (χ2v) is 9.23. The van der Waals surface area contributed by atoms with Crippen molar-refractivity contribution >= 4 is 12.0 Å². The number of halogens is 1. The highest BCUT2D eigenvalue weighted by molar-refractivity contribution is 5.95. The summed E-state index contributed by atoms with van der Waals surface area (Å²) in [5.74, 6) is 0.559. The van der Waals surface area contributed by atoms with E-state index in [4.69, 9.17) is 4.74 Å². The summed E-state index contributed by atoms with van der Waals surface area (Å²) in [6, 6.07) is 9.81. The van der Waals surface area contributed by atoms with E-state index in [1.54, 1.807) is 52.7 Å². The first kappa shape index (κ1) is 25.2. The topological polar surface area (TPSA) is 97.9 Å². The van der Waals surface area contributed by atoms with E-state index in [0.717, 1.165) is 24.0 Å². The Morgan fingerprint density at radius 1 is 1.19 bits per heavy atom. The fourth-order valence-electron chi connectivity index (χ4n) is 4.01. The molecule has 2 amide bonds. The largest absolute Gasteiger partial charge is 0.493 e. The minimum absolute atomic E-state index is 0.283. The number of carbonyl (C=O) groups is 2. The standard InChI is InChI=1S/C27H31FN4O4/c1-4-31-9-10-32(26(31)30-27(34)35)15-20-12-22(14-23(13-20)36-16-19-5-6-19)25(33)29-18(3)21-7-8-24(28)17(2)11-21/h7-14,18-19H,4-6,15-16H2,1-3H3,(H,29,33)(H,34,35)/t18-/m0/s1. The molecule has 2 aromatic carbocycles. The number of aryl methyl sites for hydroxylation is 2. The highest BCUT2D eigenvalue weighted by Crippen LogP contribution is 2.30. The molecule has 0 saturated heterocycles. The lowest BCUT2D eigenvalue weighted by atomic mass is 10.0. The smallest absolute Gasteiger partial charge is 0.434 e. The average Bonchev–Trinajstić information content (AvgIpc) is 3.60. The quantitative estimate of drug-likeness (QED) is 0.452. The molecule has 3 aromatic rings. The molecule has 0 unspecified atom stereocenters. The molecule has 0 radical (unpaired) electrons. The molecule has 0 bridgehead atoms. The van der Waals surface area contributed by atoms with Crippen molar-refractivity contribution in [3.05, 3.63) is 82.5 Å². The fourth-order valence-corrected chi connectivity index (χ4v) is 4.01. The van der Waals surface area contributed by atoms with Crippen molar-refractivity contribution in [2.24, 2.45) is 10.9 Å². The number of carboxylic acid groups (broad SMARTS) is 1. The van der Waals surface area contributed by atoms with Crippen LogP contribution in [0.5, 0.6) is 5.75 Å². The summed E-state index contributed by atoms with van der Waals surface area (Å²) in [4.78, 5) is 28.2. The molecule has 1 aromatic heterocycles. The summed E-state index contributed by atoms with van der Waals surface area (Å²) in [5, 5.41) is 12.2. The monoisotopic (exact) mass is 494 g/mol. The second kappa shape index (κ2) is 10.8. The van der Waals surface area contributed by atoms with Crippen molar-refractivity contribution in [2.45, 2.75) is 52.7 Å². The number of imidazole rings is 1. The molecule has 190 valence electrons. The summed E-state index contributed by atoms with van der Waals surface area (Å²) in [6.45, 7) is 6.92. The molecule has 0 spiro atoms. The zero-order valence-electron chi connectivity index (χ0n) is 20.7. The number of ether oxygens (including phenoxy) is 1. The van der Waals surface area contributed by atoms with Gasteiger partial charge in [-0.3, -0.25) is 4.79 Å². The number of nitrogens with one attached hydrogen (secondary N) is 1. The molecule has 1 heterocycles. The van der Waals surface area contributed by atoms with E-state index in [1.165, 1.54) is 6.07 Å². The lowest BCUT2D eigenvalue weighted by Crippen LogP contribution is -2.28. The third kappa shape index (κ3) is 6.21. The number of rotatable bonds is 9. The Hall–Kier alpha value is -3.88. The maximum absolute atomic E-state index is 13.7. The van der Waals surface area contributed by atoms with Gasteiger partial charge in [-0.05, 0) is 80.5 Å². The van der Waals surface area contributed by atoms with Crippen molar-refractivity contribution in [3.63, 3.8) is 0 Å². The van der Waals surface area contributed by atoms with Crippen molar-refractivity contribution in [2.75, 3.05) is 6.61 Å². The van der Waals surface area contributed by atoms with Gasteiger partial charge in [-0.25, -0.2) is 9.18 Å². The van der Waals surface area contributed by atoms with Crippen molar-refractivity contribution < 1.29 is 23.8 Å². The average molecular weight is 495 g/mol. The zero-order chi connectivity index (χ0) is 25.8. The molecule has 1 aliphatic carbocycles. The Labute approximate surface area is 209 Å². The molecule has 9 heteroatoms. The van der Waals surface area contributed by atoms with Gasteiger partial charge in [0.05, 0.1) is 19.2 Å². The number of hydrogen-bond acceptors (Lipinski definition) is 3. The van der Waals surface area contributed by atoms with Crippen LogP contribution in [-0.2, 0) is 13.1 Å². The van der Waals surface area contributed by atoms with E-state index in [9.17, 15) is 19.1 Å². The van der Waals surface area contributed by atoms with Crippen LogP contribution in [0, 0.1) is 18.7 Å². The molecule has 1 atom stereocenters. The van der Waals surface area contributed by atoms with Gasteiger partial charge in [0.15, 0.2) is 0 Å². The van der Waals surface area contributed by atoms with Gasteiger partial charge in [0.25, 0.3) is 5.91 Å². The lowest BCUT2D eigenvalue weighted by molar-refractivity contribution is 0.0939. The molecule has 4 rings (SSSR count). The Morgan fingerprint density at radius 3 is 2.61 bits per heavy atom. The Morgan fingerprint density at radius 2 is 1.94 bits per heavy atom. The first-order valence-electron chi connectivity index (χ1n) is 12.1. The van der Waals surface area contributed by atoms with Crippen LogP contribution in [0.2, 0.25) is 0 Å². The first-order valence-corrected chi connectivity index (χ1v) is 12.1. The highest BCUT2D eigenvalue weighted by Gasteiger charge is 2.22. The summed E-state index contributed by atoms with van der Waals surface area (Å²) in [7, 11) is 0. The van der Waals surface area contributed by atoms with Gasteiger partial charge in [0.2, 0.25) is 5.62 Å². The van der Waals surface area contributed by atoms with E-state index in [1.807, 2.05) is 19.9 Å². The van der Waals surface area contributed by atoms with Gasteiger partial charge in [-0.1, -0.05) is 12.1 Å². The molecule has 36 heavy (non-hydrogen) atoms. The van der Waals surface area contributed by atoms with E-state index in [2.05, 4.69) is 10.3 Å². The normalized spacial score (nSPS) is 14.5. The molecule has 1 saturated carbocycles. The minimum Gasteiger partial charge on any atom is -0.493 e. The van der Waals surface area contributed by atoms with Gasteiger partial charge < -0.3 is 24.3 Å². The van der Waals surface area contributed by atoms with Crippen molar-refractivity contribution in [3.8, 4) is 5.75 Å². The summed E-state index contributed by atoms with van der Waals surface area (Å²) < 4.78 is 23.1. The molecule has 1 aliphatic rings. The van der Waals surface area contributed by atoms with E-state index in [-0.39, 0.29) is 17.8 Å². The molecular weight excluding hydrogens is 463 g/mol. The minimum atomic E-state index is -1.27. The van der Waals surface area contributed by atoms with Crippen LogP contribution in [0.25, 0.3) is 0 Å². The van der Waals surface area contributed by atoms with Crippen LogP contribution in [-0.4, -0.2) is 32.8 Å². The van der Waals surface area contributed by atoms with Gasteiger partial charge >= 0.3 is 6.09 Å². The Kier molecular flexibility index (Phi) is 7.57. The van der Waals surface area contributed by atoms with Crippen LogP contribution < -0.4 is 15.7 Å². The molecule has 0 aliphatic heterocycles. The number of carbonyl (C=O) groups excluding carboxylic acids is 1. The van der Waals surface area contributed by atoms with E-state index in [0.29, 0.717) is 48.1 Å². The van der Waals surface area contributed by atoms with Crippen LogP contribution in [0.3, 0.4) is 0 Å². The first-order chi connectivity index (χ1) is 17.2. The fraction of sp³-hybridized carbons (Fsp3) is 0.370. The number of benzene rings is 2. The highest BCUT2D eigenvalue weighted by atomic mass is 19.1. The number of nitrogens with zero attached hydrogens (tertiary/aromatic N) is 3. The summed E-state index contributed by atoms with van der Waals surface area (Å²) in [5.41, 5.74) is 2.83. The molecule has 1 fully saturated rings. The number of hydrogen-bond donors (Lipinski definition) is 2. The summed E-state index contributed by atoms with van der Waals surface area (Å²) in [6.07, 6.45) is 4.55. The number of amides is 2. The van der Waals surface area contributed by atoms with Crippen molar-refractivity contribution in [1.82, 2.24) is 14.5 Å². The van der Waals surface area contributed by atoms with E-state index >= 15 is 0 Å². The maximum Gasteiger partial charge on any atom is 0.434 e. The second-order valence-electron chi connectivity index (χ2n) is 9.23. The third-order valence-corrected chi connectivity index (χ3v) is 6.27. The van der Waals surface area contributed by atoms with E-state index < -0.39 is 6.09 Å². The zero-order valence-corrected chi connectivity index (χ0v) is 20.7. The SMILES string of the molecule is CCn1ccn(Cc2cc(OCC3CC3)cc(C(=O)N[C@@H](C)c3ccc(F)c(C)c3)c2)c1=NC(=O)O. The predicted octanol–water partition coefficient (Wildman–Crippen LogP) is 4.66. The van der Waals surface area contributed by atoms with Gasteiger partial charge in [-0.15, -0.1) is 4.99 Å². The molecular formula is C27H31FN4O4. The van der Waals surface area contributed by atoms with Gasteiger partial charge in [0, 0.05) is 24.5 Å². The summed E-state index contributed by atoms with van der Waals surface area (Å²) >= 11 is 0. The van der Waals surface area contributed by atoms with Crippen molar-refractivity contribution in [1.29, 1.82) is 0 Å². The lowest BCUT2D eigenvalue weighted by Gasteiger charge is -2.17. The van der Waals surface area contributed by atoms with Crippen LogP contribution in [0.15, 0.2) is 53.8 Å². The Balaban J connectivity index is 1.61. The molecule has 8 nitrogen and oxygen atoms in total. The molecule has 2 N–H and O–H groups in total. The maximum atomic E-state index is 13.7. The predicted molar refractivity (Wildman–Crippen MR) is 132 cm³/mol. The number of aromatic nitrogens is 2. The van der Waals surface area contributed by atoms with Crippen LogP contribution >= 0.6 is 0 Å².